The summed E-state index contributed by atoms with van der Waals surface area (Å²) in [6.07, 6.45) is 9.44. The van der Waals surface area contributed by atoms with Crippen LogP contribution in [-0.4, -0.2) is 28.1 Å². The first-order valence-corrected chi connectivity index (χ1v) is 9.99. The van der Waals surface area contributed by atoms with Gasteiger partial charge in [0.1, 0.15) is 10.7 Å². The number of halogens is 2. The minimum Gasteiger partial charge on any atom is -0.298 e. The number of fused-ring (bicyclic) bond motifs is 1. The lowest BCUT2D eigenvalue weighted by Crippen LogP contribution is -2.54. The fourth-order valence-electron chi connectivity index (χ4n) is 3.34. The highest BCUT2D eigenvalue weighted by Gasteiger charge is 2.35. The van der Waals surface area contributed by atoms with Crippen molar-refractivity contribution in [3.63, 3.8) is 0 Å². The van der Waals surface area contributed by atoms with Crippen molar-refractivity contribution in [1.82, 2.24) is 5.32 Å². The molecule has 0 radical (unpaired) electrons. The molecule has 5 nitrogen and oxygen atoms in total. The molecule has 3 aliphatic rings. The zero-order chi connectivity index (χ0) is 20.7. The minimum absolute atomic E-state index is 0.00731. The standard InChI is InChI=1S/C21H15Cl2N3O2S/c1-11-2-7-17-12(8-11)9-13(18(23)24-17)10-16-19(27)25-21(29)26(20(16)28)15-5-3-14(22)4-6-15/h2-10,12,17H,1H3,(H,25,27,29)/b16-10-. The monoisotopic (exact) mass is 443 g/mol. The van der Waals surface area contributed by atoms with E-state index in [1.54, 1.807) is 24.3 Å². The Bertz CT molecular complexity index is 1080. The van der Waals surface area contributed by atoms with Gasteiger partial charge in [0, 0.05) is 16.5 Å². The maximum Gasteiger partial charge on any atom is 0.270 e. The van der Waals surface area contributed by atoms with E-state index in [1.807, 2.05) is 25.2 Å². The average molecular weight is 444 g/mol. The fourth-order valence-corrected chi connectivity index (χ4v) is 3.98. The molecule has 2 atom stereocenters. The Balaban J connectivity index is 1.70. The molecule has 0 bridgehead atoms. The Morgan fingerprint density at radius 1 is 1.17 bits per heavy atom. The van der Waals surface area contributed by atoms with E-state index < -0.39 is 11.8 Å². The number of aliphatic imine (C=N–C) groups is 1. The second-order valence-corrected chi connectivity index (χ2v) is 8.00. The molecular weight excluding hydrogens is 429 g/mol. The van der Waals surface area contributed by atoms with Crippen molar-refractivity contribution < 1.29 is 9.59 Å². The average Bonchev–Trinajstić information content (AvgIpc) is 2.67. The Labute approximate surface area is 183 Å². The van der Waals surface area contributed by atoms with Crippen molar-refractivity contribution >= 4 is 63.2 Å². The van der Waals surface area contributed by atoms with E-state index in [1.165, 1.54) is 11.0 Å². The highest BCUT2D eigenvalue weighted by molar-refractivity contribution is 7.80. The molecular formula is C21H15Cl2N3O2S. The number of nitrogens with one attached hydrogen (secondary N) is 1. The van der Waals surface area contributed by atoms with Crippen LogP contribution in [-0.2, 0) is 9.59 Å². The van der Waals surface area contributed by atoms with Gasteiger partial charge in [-0.2, -0.15) is 0 Å². The molecule has 0 saturated carbocycles. The predicted octanol–water partition coefficient (Wildman–Crippen LogP) is 4.09. The van der Waals surface area contributed by atoms with Crippen LogP contribution < -0.4 is 10.2 Å². The van der Waals surface area contributed by atoms with Crippen LogP contribution in [0.4, 0.5) is 5.69 Å². The van der Waals surface area contributed by atoms with E-state index in [2.05, 4.69) is 16.4 Å². The predicted molar refractivity (Wildman–Crippen MR) is 119 cm³/mol. The van der Waals surface area contributed by atoms with Crippen LogP contribution in [0.1, 0.15) is 6.92 Å². The molecule has 1 fully saturated rings. The van der Waals surface area contributed by atoms with Crippen LogP contribution in [0.25, 0.3) is 0 Å². The second-order valence-electron chi connectivity index (χ2n) is 6.81. The number of thiocarbonyl (C=S) groups is 1. The fraction of sp³-hybridized carbons (Fsp3) is 0.143. The number of rotatable bonds is 2. The van der Waals surface area contributed by atoms with Gasteiger partial charge in [0.15, 0.2) is 5.11 Å². The largest absolute Gasteiger partial charge is 0.298 e. The van der Waals surface area contributed by atoms with Crippen molar-refractivity contribution in [3.05, 3.63) is 76.4 Å². The molecule has 8 heteroatoms. The smallest absolute Gasteiger partial charge is 0.270 e. The molecule has 29 heavy (non-hydrogen) atoms. The van der Waals surface area contributed by atoms with Gasteiger partial charge in [-0.05, 0) is 49.5 Å². The topological polar surface area (TPSA) is 61.8 Å². The summed E-state index contributed by atoms with van der Waals surface area (Å²) in [5.41, 5.74) is 2.07. The summed E-state index contributed by atoms with van der Waals surface area (Å²) in [4.78, 5) is 31.3. The van der Waals surface area contributed by atoms with Crippen molar-refractivity contribution in [3.8, 4) is 0 Å². The van der Waals surface area contributed by atoms with Gasteiger partial charge in [-0.1, -0.05) is 53.1 Å². The van der Waals surface area contributed by atoms with Crippen LogP contribution in [0.2, 0.25) is 5.02 Å². The van der Waals surface area contributed by atoms with Crippen molar-refractivity contribution in [2.24, 2.45) is 10.9 Å². The molecule has 2 unspecified atom stereocenters. The lowest BCUT2D eigenvalue weighted by atomic mass is 9.88. The molecule has 1 aliphatic carbocycles. The molecule has 0 spiro atoms. The molecule has 2 aliphatic heterocycles. The summed E-state index contributed by atoms with van der Waals surface area (Å²) in [5.74, 6) is -1.10. The number of allylic oxidation sites excluding steroid dienone is 4. The number of carbonyl (C=O) groups is 2. The van der Waals surface area contributed by atoms with E-state index in [4.69, 9.17) is 35.4 Å². The summed E-state index contributed by atoms with van der Waals surface area (Å²) in [7, 11) is 0. The zero-order valence-electron chi connectivity index (χ0n) is 15.2. The first-order valence-electron chi connectivity index (χ1n) is 8.82. The van der Waals surface area contributed by atoms with Gasteiger partial charge in [0.25, 0.3) is 11.8 Å². The normalized spacial score (nSPS) is 25.3. The Morgan fingerprint density at radius 3 is 2.62 bits per heavy atom. The van der Waals surface area contributed by atoms with Gasteiger partial charge < -0.3 is 0 Å². The number of amides is 2. The van der Waals surface area contributed by atoms with E-state index in [9.17, 15) is 9.59 Å². The quantitative estimate of drug-likeness (QED) is 0.425. The number of dihydropyridines is 1. The Kier molecular flexibility index (Phi) is 5.25. The molecule has 1 saturated heterocycles. The minimum atomic E-state index is -0.576. The molecule has 0 aromatic heterocycles. The maximum absolute atomic E-state index is 13.1. The van der Waals surface area contributed by atoms with Crippen LogP contribution >= 0.6 is 35.4 Å². The first-order chi connectivity index (χ1) is 13.8. The highest BCUT2D eigenvalue weighted by Crippen LogP contribution is 2.30. The van der Waals surface area contributed by atoms with E-state index in [-0.39, 0.29) is 27.8 Å². The SMILES string of the molecule is CC1=CC2C=C(/C=C3/C(=O)NC(=S)N(c4ccc(Cl)cc4)C3=O)C(Cl)=NC2C=C1. The molecule has 1 N–H and O–H groups in total. The summed E-state index contributed by atoms with van der Waals surface area (Å²) < 4.78 is 0. The second kappa shape index (κ2) is 7.71. The van der Waals surface area contributed by atoms with Crippen molar-refractivity contribution in [2.45, 2.75) is 13.0 Å². The van der Waals surface area contributed by atoms with Crippen LogP contribution in [0, 0.1) is 5.92 Å². The van der Waals surface area contributed by atoms with E-state index >= 15 is 0 Å². The number of carbonyl (C=O) groups excluding carboxylic acids is 2. The lowest BCUT2D eigenvalue weighted by Gasteiger charge is -2.29. The number of nitrogens with zero attached hydrogens (tertiary/aromatic N) is 2. The van der Waals surface area contributed by atoms with Crippen LogP contribution in [0.15, 0.2) is 76.4 Å². The highest BCUT2D eigenvalue weighted by atomic mass is 35.5. The molecule has 2 amide bonds. The van der Waals surface area contributed by atoms with Gasteiger partial charge in [0.2, 0.25) is 0 Å². The Morgan fingerprint density at radius 2 is 1.90 bits per heavy atom. The van der Waals surface area contributed by atoms with Crippen LogP contribution in [0.3, 0.4) is 0 Å². The maximum atomic E-state index is 13.1. The molecule has 146 valence electrons. The third-order valence-corrected chi connectivity index (χ3v) is 5.62. The third kappa shape index (κ3) is 3.83. The van der Waals surface area contributed by atoms with Crippen molar-refractivity contribution in [2.75, 3.05) is 4.90 Å². The Hall–Kier alpha value is -2.54. The molecule has 2 heterocycles. The number of benzene rings is 1. The third-order valence-electron chi connectivity index (χ3n) is 4.76. The molecule has 1 aromatic rings. The molecule has 4 rings (SSSR count). The van der Waals surface area contributed by atoms with E-state index in [0.29, 0.717) is 16.3 Å². The van der Waals surface area contributed by atoms with Gasteiger partial charge >= 0.3 is 0 Å². The summed E-state index contributed by atoms with van der Waals surface area (Å²) in [6.45, 7) is 2.00. The van der Waals surface area contributed by atoms with Gasteiger partial charge in [0.05, 0.1) is 11.7 Å². The van der Waals surface area contributed by atoms with Crippen molar-refractivity contribution in [1.29, 1.82) is 0 Å². The molecule has 1 aromatic carbocycles. The summed E-state index contributed by atoms with van der Waals surface area (Å²) >= 11 is 17.5. The van der Waals surface area contributed by atoms with E-state index in [0.717, 1.165) is 5.57 Å². The van der Waals surface area contributed by atoms with Crippen LogP contribution in [0.5, 0.6) is 0 Å². The number of hydrogen-bond donors (Lipinski definition) is 1. The van der Waals surface area contributed by atoms with Gasteiger partial charge in [-0.15, -0.1) is 0 Å². The summed E-state index contributed by atoms with van der Waals surface area (Å²) in [6, 6.07) is 6.52. The van der Waals surface area contributed by atoms with Gasteiger partial charge in [-0.25, -0.2) is 0 Å². The number of hydrogen-bond acceptors (Lipinski definition) is 4. The first kappa shape index (κ1) is 19.8. The lowest BCUT2D eigenvalue weighted by molar-refractivity contribution is -0.122. The number of anilines is 1. The zero-order valence-corrected chi connectivity index (χ0v) is 17.6. The summed E-state index contributed by atoms with van der Waals surface area (Å²) in [5, 5.41) is 3.34. The van der Waals surface area contributed by atoms with Gasteiger partial charge in [-0.3, -0.25) is 24.8 Å².